The lowest BCUT2D eigenvalue weighted by Gasteiger charge is -2.10. The molecule has 124 valence electrons. The first kappa shape index (κ1) is 16.1. The molecule has 0 aliphatic heterocycles. The van der Waals surface area contributed by atoms with Crippen LogP contribution in [0.4, 0.5) is 0 Å². The highest BCUT2D eigenvalue weighted by atomic mass is 16.3. The Morgan fingerprint density at radius 3 is 2.75 bits per heavy atom. The second kappa shape index (κ2) is 6.79. The zero-order valence-electron chi connectivity index (χ0n) is 14.0. The molecule has 0 fully saturated rings. The zero-order chi connectivity index (χ0) is 17.1. The summed E-state index contributed by atoms with van der Waals surface area (Å²) in [6.07, 6.45) is 2.71. The van der Waals surface area contributed by atoms with Gasteiger partial charge in [0.2, 0.25) is 0 Å². The Hall–Kier alpha value is -2.75. The molecular formula is C20H22N2O2. The molecule has 4 heteroatoms. The van der Waals surface area contributed by atoms with Crippen molar-refractivity contribution in [3.8, 4) is 5.75 Å². The van der Waals surface area contributed by atoms with Crippen molar-refractivity contribution in [3.63, 3.8) is 0 Å². The van der Waals surface area contributed by atoms with E-state index < -0.39 is 0 Å². The van der Waals surface area contributed by atoms with Gasteiger partial charge in [-0.25, -0.2) is 0 Å². The van der Waals surface area contributed by atoms with Crippen LogP contribution in [0.2, 0.25) is 0 Å². The van der Waals surface area contributed by atoms with Gasteiger partial charge >= 0.3 is 0 Å². The Morgan fingerprint density at radius 1 is 1.21 bits per heavy atom. The molecule has 24 heavy (non-hydrogen) atoms. The van der Waals surface area contributed by atoms with E-state index in [-0.39, 0.29) is 11.7 Å². The lowest BCUT2D eigenvalue weighted by molar-refractivity contribution is 0.0951. The minimum atomic E-state index is -0.248. The smallest absolute Gasteiger partial charge is 0.255 e. The third-order valence-electron chi connectivity index (χ3n) is 4.29. The van der Waals surface area contributed by atoms with E-state index in [9.17, 15) is 9.90 Å². The van der Waals surface area contributed by atoms with Gasteiger partial charge < -0.3 is 15.4 Å². The number of rotatable bonds is 5. The molecule has 3 aromatic rings. The largest absolute Gasteiger partial charge is 0.507 e. The number of phenols is 1. The number of amides is 1. The number of benzene rings is 2. The summed E-state index contributed by atoms with van der Waals surface area (Å²) in [5.41, 5.74) is 3.60. The first-order valence-electron chi connectivity index (χ1n) is 8.22. The number of fused-ring (bicyclic) bond motifs is 1. The molecule has 0 atom stereocenters. The normalized spacial score (nSPS) is 11.1. The lowest BCUT2D eigenvalue weighted by Crippen LogP contribution is -2.25. The number of hydrogen-bond donors (Lipinski definition) is 3. The van der Waals surface area contributed by atoms with Gasteiger partial charge in [0.05, 0.1) is 5.56 Å². The lowest BCUT2D eigenvalue weighted by atomic mass is 10.0. The number of hydrogen-bond acceptors (Lipinski definition) is 2. The molecule has 0 bridgehead atoms. The fourth-order valence-corrected chi connectivity index (χ4v) is 2.84. The summed E-state index contributed by atoms with van der Waals surface area (Å²) >= 11 is 0. The molecule has 1 heterocycles. The Kier molecular flexibility index (Phi) is 4.56. The van der Waals surface area contributed by atoms with Crippen LogP contribution in [0.3, 0.4) is 0 Å². The van der Waals surface area contributed by atoms with Crippen LogP contribution in [0.1, 0.15) is 41.3 Å². The summed E-state index contributed by atoms with van der Waals surface area (Å²) in [4.78, 5) is 15.5. The molecule has 3 N–H and O–H groups in total. The average molecular weight is 322 g/mol. The highest BCUT2D eigenvalue weighted by Gasteiger charge is 2.12. The minimum absolute atomic E-state index is 0.0331. The standard InChI is InChI=1S/C20H22N2O2/c1-13(2)14-7-8-17(19(23)11-14)20(24)21-10-9-15-12-22-18-6-4-3-5-16(15)18/h3-8,11-13,22-23H,9-10H2,1-2H3,(H,21,24). The molecule has 0 radical (unpaired) electrons. The van der Waals surface area contributed by atoms with E-state index in [1.165, 1.54) is 10.9 Å². The molecule has 0 saturated carbocycles. The highest BCUT2D eigenvalue weighted by molar-refractivity contribution is 5.97. The summed E-state index contributed by atoms with van der Waals surface area (Å²) in [6.45, 7) is 4.62. The van der Waals surface area contributed by atoms with Crippen LogP contribution in [0, 0.1) is 0 Å². The van der Waals surface area contributed by atoms with Crippen molar-refractivity contribution in [2.24, 2.45) is 0 Å². The quantitative estimate of drug-likeness (QED) is 0.665. The molecule has 1 amide bonds. The van der Waals surface area contributed by atoms with Gasteiger partial charge in [-0.3, -0.25) is 4.79 Å². The maximum Gasteiger partial charge on any atom is 0.255 e. The number of aromatic amines is 1. The fourth-order valence-electron chi connectivity index (χ4n) is 2.84. The van der Waals surface area contributed by atoms with Crippen molar-refractivity contribution in [2.45, 2.75) is 26.2 Å². The van der Waals surface area contributed by atoms with E-state index in [4.69, 9.17) is 0 Å². The maximum atomic E-state index is 12.3. The van der Waals surface area contributed by atoms with E-state index in [1.54, 1.807) is 12.1 Å². The van der Waals surface area contributed by atoms with Gasteiger partial charge in [0.1, 0.15) is 5.75 Å². The zero-order valence-corrected chi connectivity index (χ0v) is 14.0. The fraction of sp³-hybridized carbons (Fsp3) is 0.250. The van der Waals surface area contributed by atoms with Gasteiger partial charge in [-0.2, -0.15) is 0 Å². The van der Waals surface area contributed by atoms with Crippen LogP contribution in [-0.4, -0.2) is 22.5 Å². The summed E-state index contributed by atoms with van der Waals surface area (Å²) in [5, 5.41) is 14.1. The molecule has 3 rings (SSSR count). The van der Waals surface area contributed by atoms with Crippen molar-refractivity contribution in [1.82, 2.24) is 10.3 Å². The molecule has 1 aromatic heterocycles. The molecule has 0 spiro atoms. The monoisotopic (exact) mass is 322 g/mol. The second-order valence-corrected chi connectivity index (χ2v) is 6.30. The summed E-state index contributed by atoms with van der Waals surface area (Å²) in [7, 11) is 0. The predicted molar refractivity (Wildman–Crippen MR) is 96.5 cm³/mol. The number of aromatic hydroxyl groups is 1. The highest BCUT2D eigenvalue weighted by Crippen LogP contribution is 2.23. The minimum Gasteiger partial charge on any atom is -0.507 e. The van der Waals surface area contributed by atoms with Crippen LogP contribution in [0.25, 0.3) is 10.9 Å². The third-order valence-corrected chi connectivity index (χ3v) is 4.29. The van der Waals surface area contributed by atoms with E-state index >= 15 is 0 Å². The number of carbonyl (C=O) groups excluding carboxylic acids is 1. The van der Waals surface area contributed by atoms with Gasteiger partial charge in [-0.05, 0) is 41.7 Å². The summed E-state index contributed by atoms with van der Waals surface area (Å²) in [6, 6.07) is 13.3. The van der Waals surface area contributed by atoms with E-state index in [0.717, 1.165) is 17.5 Å². The van der Waals surface area contributed by atoms with Crippen molar-refractivity contribution >= 4 is 16.8 Å². The molecule has 0 saturated heterocycles. The van der Waals surface area contributed by atoms with Crippen LogP contribution in [-0.2, 0) is 6.42 Å². The van der Waals surface area contributed by atoms with Crippen LogP contribution in [0.15, 0.2) is 48.7 Å². The first-order chi connectivity index (χ1) is 11.6. The van der Waals surface area contributed by atoms with Gasteiger partial charge in [-0.15, -0.1) is 0 Å². The molecule has 2 aromatic carbocycles. The van der Waals surface area contributed by atoms with Gasteiger partial charge in [0.25, 0.3) is 5.91 Å². The maximum absolute atomic E-state index is 12.3. The van der Waals surface area contributed by atoms with Crippen LogP contribution >= 0.6 is 0 Å². The number of carbonyl (C=O) groups is 1. The van der Waals surface area contributed by atoms with E-state index in [0.29, 0.717) is 18.0 Å². The first-order valence-corrected chi connectivity index (χ1v) is 8.22. The number of H-pyrrole nitrogens is 1. The van der Waals surface area contributed by atoms with Crippen molar-refractivity contribution < 1.29 is 9.90 Å². The van der Waals surface area contributed by atoms with Gasteiger partial charge in [0, 0.05) is 23.6 Å². The molecule has 4 nitrogen and oxygen atoms in total. The molecule has 0 unspecified atom stereocenters. The number of nitrogens with one attached hydrogen (secondary N) is 2. The summed E-state index contributed by atoms with van der Waals surface area (Å²) < 4.78 is 0. The summed E-state index contributed by atoms with van der Waals surface area (Å²) in [5.74, 6) is 0.100. The van der Waals surface area contributed by atoms with Crippen molar-refractivity contribution in [2.75, 3.05) is 6.54 Å². The topological polar surface area (TPSA) is 65.1 Å². The van der Waals surface area contributed by atoms with E-state index in [1.807, 2.05) is 30.5 Å². The SMILES string of the molecule is CC(C)c1ccc(C(=O)NCCc2c[nH]c3ccccc23)c(O)c1. The van der Waals surface area contributed by atoms with Crippen LogP contribution in [0.5, 0.6) is 5.75 Å². The number of para-hydroxylation sites is 1. The molecular weight excluding hydrogens is 300 g/mol. The van der Waals surface area contributed by atoms with Crippen molar-refractivity contribution in [3.05, 3.63) is 65.4 Å². The van der Waals surface area contributed by atoms with Gasteiger partial charge in [-0.1, -0.05) is 38.1 Å². The number of phenolic OH excluding ortho intramolecular Hbond substituents is 1. The van der Waals surface area contributed by atoms with Gasteiger partial charge in [0.15, 0.2) is 0 Å². The Bertz CT molecular complexity index is 865. The van der Waals surface area contributed by atoms with E-state index in [2.05, 4.69) is 30.2 Å². The Morgan fingerprint density at radius 2 is 2.00 bits per heavy atom. The molecule has 0 aliphatic carbocycles. The Balaban J connectivity index is 1.63. The molecule has 0 aliphatic rings. The van der Waals surface area contributed by atoms with Crippen LogP contribution < -0.4 is 5.32 Å². The predicted octanol–water partition coefficient (Wildman–Crippen LogP) is 3.97. The average Bonchev–Trinajstić information content (AvgIpc) is 2.98. The third kappa shape index (κ3) is 3.27. The second-order valence-electron chi connectivity index (χ2n) is 6.30. The van der Waals surface area contributed by atoms with Crippen molar-refractivity contribution in [1.29, 1.82) is 0 Å². The number of aromatic nitrogens is 1. The Labute approximate surface area is 141 Å².